The van der Waals surface area contributed by atoms with Gasteiger partial charge in [0.05, 0.1) is 25.5 Å². The second-order valence-electron chi connectivity index (χ2n) is 7.38. The summed E-state index contributed by atoms with van der Waals surface area (Å²) in [6.45, 7) is 7.96. The van der Waals surface area contributed by atoms with E-state index in [1.807, 2.05) is 23.9 Å². The molecular weight excluding hydrogens is 376 g/mol. The first-order valence-corrected chi connectivity index (χ1v) is 11.0. The van der Waals surface area contributed by atoms with E-state index < -0.39 is 0 Å². The van der Waals surface area contributed by atoms with Crippen molar-refractivity contribution in [1.29, 1.82) is 0 Å². The van der Waals surface area contributed by atoms with Gasteiger partial charge >= 0.3 is 0 Å². The number of morpholine rings is 1. The lowest BCUT2D eigenvalue weighted by Gasteiger charge is -2.36. The number of rotatable bonds is 5. The Hall–Kier alpha value is -1.87. The molecule has 0 aliphatic carbocycles. The van der Waals surface area contributed by atoms with Crippen LogP contribution >= 0.6 is 11.3 Å². The summed E-state index contributed by atoms with van der Waals surface area (Å²) in [5.74, 6) is 1.33. The third kappa shape index (κ3) is 5.35. The minimum absolute atomic E-state index is 0.124. The van der Waals surface area contributed by atoms with Crippen LogP contribution < -0.4 is 10.2 Å². The third-order valence-corrected chi connectivity index (χ3v) is 6.17. The van der Waals surface area contributed by atoms with Gasteiger partial charge in [0.15, 0.2) is 11.1 Å². The Morgan fingerprint density at radius 3 is 2.61 bits per heavy atom. The molecule has 1 aromatic rings. The van der Waals surface area contributed by atoms with Crippen LogP contribution in [0.1, 0.15) is 25.5 Å². The van der Waals surface area contributed by atoms with Crippen molar-refractivity contribution in [2.75, 3.05) is 64.9 Å². The Morgan fingerprint density at radius 1 is 1.29 bits per heavy atom. The minimum atomic E-state index is 0.124. The maximum atomic E-state index is 12.7. The molecule has 0 unspecified atom stereocenters. The molecule has 2 aliphatic heterocycles. The van der Waals surface area contributed by atoms with E-state index >= 15 is 0 Å². The van der Waals surface area contributed by atoms with Gasteiger partial charge in [-0.05, 0) is 19.8 Å². The van der Waals surface area contributed by atoms with Gasteiger partial charge in [-0.25, -0.2) is 9.98 Å². The van der Waals surface area contributed by atoms with Gasteiger partial charge in [0.1, 0.15) is 0 Å². The fourth-order valence-corrected chi connectivity index (χ4v) is 4.29. The number of likely N-dealkylation sites (tertiary alicyclic amines) is 1. The van der Waals surface area contributed by atoms with E-state index in [1.54, 1.807) is 11.3 Å². The Morgan fingerprint density at radius 2 is 2.00 bits per heavy atom. The number of nitrogens with one attached hydrogen (secondary N) is 1. The maximum absolute atomic E-state index is 12.7. The van der Waals surface area contributed by atoms with Crippen molar-refractivity contribution in [3.8, 4) is 0 Å². The highest BCUT2D eigenvalue weighted by Gasteiger charge is 2.30. The van der Waals surface area contributed by atoms with E-state index in [2.05, 4.69) is 27.5 Å². The second kappa shape index (κ2) is 10.1. The van der Waals surface area contributed by atoms with Crippen molar-refractivity contribution >= 4 is 28.3 Å². The molecule has 1 aromatic heterocycles. The van der Waals surface area contributed by atoms with Crippen LogP contribution in [-0.2, 0) is 16.1 Å². The number of hydrogen-bond donors (Lipinski definition) is 1. The van der Waals surface area contributed by atoms with Gasteiger partial charge in [-0.1, -0.05) is 0 Å². The molecule has 28 heavy (non-hydrogen) atoms. The summed E-state index contributed by atoms with van der Waals surface area (Å²) in [5.41, 5.74) is 0.987. The minimum Gasteiger partial charge on any atom is -0.378 e. The Labute approximate surface area is 171 Å². The lowest BCUT2D eigenvalue weighted by atomic mass is 9.95. The van der Waals surface area contributed by atoms with Crippen LogP contribution in [0.5, 0.6) is 0 Å². The molecule has 3 rings (SSSR count). The van der Waals surface area contributed by atoms with Crippen molar-refractivity contribution in [1.82, 2.24) is 20.1 Å². The SMILES string of the molecule is CCNC(=NCc1csc(N(C)C)n1)N1CCC(C(=O)N2CCOCC2)CC1. The van der Waals surface area contributed by atoms with Gasteiger partial charge in [0.2, 0.25) is 5.91 Å². The Kier molecular flexibility index (Phi) is 7.50. The fraction of sp³-hybridized carbons (Fsp3) is 0.737. The smallest absolute Gasteiger partial charge is 0.225 e. The molecule has 0 aromatic carbocycles. The van der Waals surface area contributed by atoms with Crippen LogP contribution in [0.4, 0.5) is 5.13 Å². The molecular formula is C19H32N6O2S. The highest BCUT2D eigenvalue weighted by molar-refractivity contribution is 7.13. The summed E-state index contributed by atoms with van der Waals surface area (Å²) in [4.78, 5) is 28.4. The highest BCUT2D eigenvalue weighted by atomic mass is 32.1. The maximum Gasteiger partial charge on any atom is 0.225 e. The highest BCUT2D eigenvalue weighted by Crippen LogP contribution is 2.21. The van der Waals surface area contributed by atoms with Gasteiger partial charge in [0, 0.05) is 58.1 Å². The number of aromatic nitrogens is 1. The van der Waals surface area contributed by atoms with Gasteiger partial charge in [0.25, 0.3) is 0 Å². The molecule has 0 radical (unpaired) electrons. The molecule has 9 heteroatoms. The first kappa shape index (κ1) is 20.9. The standard InChI is InChI=1S/C19H32N6O2S/c1-4-20-18(21-13-16-14-28-19(22-16)23(2)3)25-7-5-15(6-8-25)17(26)24-9-11-27-12-10-24/h14-15H,4-13H2,1-3H3,(H,20,21). The molecule has 3 heterocycles. The van der Waals surface area contributed by atoms with Crippen molar-refractivity contribution in [2.45, 2.75) is 26.3 Å². The number of hydrogen-bond acceptors (Lipinski definition) is 6. The number of aliphatic imine (C=N–C) groups is 1. The van der Waals surface area contributed by atoms with Gasteiger partial charge in [-0.3, -0.25) is 4.79 Å². The van der Waals surface area contributed by atoms with Gasteiger partial charge in [-0.15, -0.1) is 11.3 Å². The van der Waals surface area contributed by atoms with Crippen LogP contribution in [0.25, 0.3) is 0 Å². The summed E-state index contributed by atoms with van der Waals surface area (Å²) < 4.78 is 5.36. The molecule has 0 bridgehead atoms. The molecule has 0 spiro atoms. The summed E-state index contributed by atoms with van der Waals surface area (Å²) in [6, 6.07) is 0. The van der Waals surface area contributed by atoms with Crippen LogP contribution in [0.15, 0.2) is 10.4 Å². The molecule has 2 fully saturated rings. The number of carbonyl (C=O) groups is 1. The first-order valence-electron chi connectivity index (χ1n) is 10.1. The Balaban J connectivity index is 1.55. The predicted molar refractivity (Wildman–Crippen MR) is 113 cm³/mol. The largest absolute Gasteiger partial charge is 0.378 e. The topological polar surface area (TPSA) is 73.3 Å². The first-order chi connectivity index (χ1) is 13.6. The normalized spacial score (nSPS) is 19.0. The molecule has 156 valence electrons. The monoisotopic (exact) mass is 408 g/mol. The quantitative estimate of drug-likeness (QED) is 0.584. The summed E-state index contributed by atoms with van der Waals surface area (Å²) in [5, 5.41) is 6.45. The van der Waals surface area contributed by atoms with E-state index in [1.165, 1.54) is 0 Å². The average Bonchev–Trinajstić information content (AvgIpc) is 3.21. The lowest BCUT2D eigenvalue weighted by Crippen LogP contribution is -2.50. The third-order valence-electron chi connectivity index (χ3n) is 5.11. The summed E-state index contributed by atoms with van der Waals surface area (Å²) in [6.07, 6.45) is 1.75. The van der Waals surface area contributed by atoms with E-state index in [0.717, 1.165) is 62.4 Å². The molecule has 8 nitrogen and oxygen atoms in total. The number of amides is 1. The van der Waals surface area contributed by atoms with Crippen LogP contribution in [0.2, 0.25) is 0 Å². The van der Waals surface area contributed by atoms with Gasteiger partial charge < -0.3 is 24.8 Å². The van der Waals surface area contributed by atoms with Gasteiger partial charge in [-0.2, -0.15) is 0 Å². The number of nitrogens with zero attached hydrogens (tertiary/aromatic N) is 5. The van der Waals surface area contributed by atoms with E-state index in [9.17, 15) is 4.79 Å². The number of anilines is 1. The molecule has 0 atom stereocenters. The predicted octanol–water partition coefficient (Wildman–Crippen LogP) is 1.25. The molecule has 2 aliphatic rings. The zero-order valence-corrected chi connectivity index (χ0v) is 18.0. The van der Waals surface area contributed by atoms with Crippen molar-refractivity contribution in [3.05, 3.63) is 11.1 Å². The average molecular weight is 409 g/mol. The molecule has 0 saturated carbocycles. The van der Waals surface area contributed by atoms with Crippen LogP contribution in [0, 0.1) is 5.92 Å². The number of piperidine rings is 1. The lowest BCUT2D eigenvalue weighted by molar-refractivity contribution is -0.140. The zero-order valence-electron chi connectivity index (χ0n) is 17.2. The zero-order chi connectivity index (χ0) is 19.9. The Bertz CT molecular complexity index is 663. The number of ether oxygens (including phenoxy) is 1. The van der Waals surface area contributed by atoms with Crippen molar-refractivity contribution in [2.24, 2.45) is 10.9 Å². The fourth-order valence-electron chi connectivity index (χ4n) is 3.54. The van der Waals surface area contributed by atoms with E-state index in [-0.39, 0.29) is 5.92 Å². The molecule has 1 N–H and O–H groups in total. The van der Waals surface area contributed by atoms with Crippen LogP contribution in [0.3, 0.4) is 0 Å². The molecule has 1 amide bonds. The number of carbonyl (C=O) groups excluding carboxylic acids is 1. The van der Waals surface area contributed by atoms with Crippen LogP contribution in [-0.4, -0.2) is 86.7 Å². The van der Waals surface area contributed by atoms with E-state index in [0.29, 0.717) is 25.7 Å². The van der Waals surface area contributed by atoms with Crippen molar-refractivity contribution < 1.29 is 9.53 Å². The van der Waals surface area contributed by atoms with Crippen molar-refractivity contribution in [3.63, 3.8) is 0 Å². The van der Waals surface area contributed by atoms with E-state index in [4.69, 9.17) is 9.73 Å². The summed E-state index contributed by atoms with van der Waals surface area (Å²) in [7, 11) is 4.00. The number of thiazole rings is 1. The number of guanidine groups is 1. The summed E-state index contributed by atoms with van der Waals surface area (Å²) >= 11 is 1.64. The second-order valence-corrected chi connectivity index (χ2v) is 8.22. The molecule has 2 saturated heterocycles.